The van der Waals surface area contributed by atoms with Gasteiger partial charge in [0.1, 0.15) is 0 Å². The maximum Gasteiger partial charge on any atom is 0.0928 e. The molecule has 104 valence electrons. The Balaban J connectivity index is 2.43. The highest BCUT2D eigenvalue weighted by Crippen LogP contribution is 2.16. The normalized spacial score (nSPS) is 12.7. The van der Waals surface area contributed by atoms with E-state index >= 15 is 0 Å². The quantitative estimate of drug-likeness (QED) is 0.827. The average molecular weight is 270 g/mol. The number of rotatable bonds is 7. The number of likely N-dealkylation sites (N-methyl/N-ethyl adjacent to an activating group) is 1. The van der Waals surface area contributed by atoms with Gasteiger partial charge in [-0.25, -0.2) is 4.98 Å². The summed E-state index contributed by atoms with van der Waals surface area (Å²) >= 11 is 1.75. The first-order valence-corrected chi connectivity index (χ1v) is 7.48. The van der Waals surface area contributed by atoms with E-state index in [4.69, 9.17) is 0 Å². The lowest BCUT2D eigenvalue weighted by Crippen LogP contribution is -2.35. The van der Waals surface area contributed by atoms with Crippen LogP contribution in [0.1, 0.15) is 44.8 Å². The maximum absolute atomic E-state index is 9.76. The van der Waals surface area contributed by atoms with Gasteiger partial charge < -0.3 is 5.11 Å². The summed E-state index contributed by atoms with van der Waals surface area (Å²) in [7, 11) is 2.02. The van der Waals surface area contributed by atoms with Gasteiger partial charge in [-0.2, -0.15) is 0 Å². The lowest BCUT2D eigenvalue weighted by atomic mass is 10.1. The summed E-state index contributed by atoms with van der Waals surface area (Å²) in [5.41, 5.74) is 0.469. The molecule has 18 heavy (non-hydrogen) atoms. The second-order valence-corrected chi connectivity index (χ2v) is 7.09. The molecule has 3 nitrogen and oxygen atoms in total. The Labute approximate surface area is 115 Å². The molecule has 0 aliphatic carbocycles. The topological polar surface area (TPSA) is 36.4 Å². The van der Waals surface area contributed by atoms with Gasteiger partial charge in [0.25, 0.3) is 0 Å². The molecule has 0 aromatic carbocycles. The van der Waals surface area contributed by atoms with Crippen molar-refractivity contribution in [2.24, 2.45) is 5.92 Å². The number of hydrogen-bond donors (Lipinski definition) is 1. The Morgan fingerprint density at radius 1 is 1.44 bits per heavy atom. The van der Waals surface area contributed by atoms with Gasteiger partial charge in [0.15, 0.2) is 0 Å². The van der Waals surface area contributed by atoms with Crippen LogP contribution in [0.15, 0.2) is 5.38 Å². The molecule has 0 atom stereocenters. The van der Waals surface area contributed by atoms with Crippen molar-refractivity contribution in [3.8, 4) is 0 Å². The van der Waals surface area contributed by atoms with Gasteiger partial charge in [0.05, 0.1) is 16.3 Å². The molecule has 0 bridgehead atoms. The van der Waals surface area contributed by atoms with E-state index in [-0.39, 0.29) is 0 Å². The Hall–Kier alpha value is -0.450. The fourth-order valence-corrected chi connectivity index (χ4v) is 2.75. The Bertz CT molecular complexity index is 355. The van der Waals surface area contributed by atoms with E-state index in [1.807, 2.05) is 20.9 Å². The summed E-state index contributed by atoms with van der Waals surface area (Å²) in [5, 5.41) is 13.1. The number of hydrogen-bond acceptors (Lipinski definition) is 4. The summed E-state index contributed by atoms with van der Waals surface area (Å²) < 4.78 is 0. The standard InChI is InChI=1S/C14H26N2OS/c1-11(2)6-7-13-15-12(9-18-13)8-16(5)10-14(3,4)17/h9,11,17H,6-8,10H2,1-5H3. The molecule has 0 saturated heterocycles. The van der Waals surface area contributed by atoms with E-state index in [0.717, 1.165) is 24.6 Å². The van der Waals surface area contributed by atoms with Gasteiger partial charge in [0.2, 0.25) is 0 Å². The van der Waals surface area contributed by atoms with Gasteiger partial charge in [-0.3, -0.25) is 4.90 Å². The van der Waals surface area contributed by atoms with Crippen LogP contribution in [0.3, 0.4) is 0 Å². The molecule has 0 amide bonds. The molecule has 1 N–H and O–H groups in total. The van der Waals surface area contributed by atoms with Crippen molar-refractivity contribution in [1.82, 2.24) is 9.88 Å². The molecular formula is C14H26N2OS. The van der Waals surface area contributed by atoms with Crippen molar-refractivity contribution in [3.05, 3.63) is 16.1 Å². The average Bonchev–Trinajstić information content (AvgIpc) is 2.59. The summed E-state index contributed by atoms with van der Waals surface area (Å²) in [6, 6.07) is 0. The summed E-state index contributed by atoms with van der Waals surface area (Å²) in [6.07, 6.45) is 2.28. The van der Waals surface area contributed by atoms with Crippen LogP contribution in [0.4, 0.5) is 0 Å². The zero-order valence-electron chi connectivity index (χ0n) is 12.2. The van der Waals surface area contributed by atoms with Gasteiger partial charge in [-0.05, 0) is 39.7 Å². The SMILES string of the molecule is CC(C)CCc1nc(CN(C)CC(C)(C)O)cs1. The fraction of sp³-hybridized carbons (Fsp3) is 0.786. The third-order valence-electron chi connectivity index (χ3n) is 2.62. The number of thiazole rings is 1. The molecule has 1 rings (SSSR count). The number of aryl methyl sites for hydroxylation is 1. The molecule has 0 spiro atoms. The van der Waals surface area contributed by atoms with Crippen LogP contribution >= 0.6 is 11.3 Å². The van der Waals surface area contributed by atoms with Crippen LogP contribution in [-0.2, 0) is 13.0 Å². The minimum atomic E-state index is -0.648. The highest BCUT2D eigenvalue weighted by atomic mass is 32.1. The highest BCUT2D eigenvalue weighted by molar-refractivity contribution is 7.09. The van der Waals surface area contributed by atoms with Crippen LogP contribution in [0.5, 0.6) is 0 Å². The third-order valence-corrected chi connectivity index (χ3v) is 3.58. The second kappa shape index (κ2) is 6.64. The smallest absolute Gasteiger partial charge is 0.0928 e. The molecule has 4 heteroatoms. The van der Waals surface area contributed by atoms with E-state index in [2.05, 4.69) is 29.1 Å². The molecule has 0 unspecified atom stereocenters. The first-order valence-electron chi connectivity index (χ1n) is 6.60. The molecule has 0 aliphatic heterocycles. The van der Waals surface area contributed by atoms with Crippen LogP contribution in [-0.4, -0.2) is 34.2 Å². The summed E-state index contributed by atoms with van der Waals surface area (Å²) in [5.74, 6) is 0.732. The van der Waals surface area contributed by atoms with Gasteiger partial charge in [-0.15, -0.1) is 11.3 Å². The van der Waals surface area contributed by atoms with Gasteiger partial charge in [0, 0.05) is 18.5 Å². The predicted octanol–water partition coefficient (Wildman–Crippen LogP) is 2.93. The minimum absolute atomic E-state index is 0.648. The molecule has 1 aromatic rings. The highest BCUT2D eigenvalue weighted by Gasteiger charge is 2.16. The number of nitrogens with zero attached hydrogens (tertiary/aromatic N) is 2. The van der Waals surface area contributed by atoms with Crippen LogP contribution < -0.4 is 0 Å². The molecule has 0 fully saturated rings. The second-order valence-electron chi connectivity index (χ2n) is 6.15. The first-order chi connectivity index (χ1) is 8.26. The minimum Gasteiger partial charge on any atom is -0.389 e. The van der Waals surface area contributed by atoms with Crippen LogP contribution in [0.25, 0.3) is 0 Å². The van der Waals surface area contributed by atoms with Crippen LogP contribution in [0.2, 0.25) is 0 Å². The zero-order valence-corrected chi connectivity index (χ0v) is 13.0. The molecule has 0 aliphatic rings. The molecular weight excluding hydrogens is 244 g/mol. The predicted molar refractivity (Wildman–Crippen MR) is 77.9 cm³/mol. The van der Waals surface area contributed by atoms with Crippen molar-refractivity contribution in [1.29, 1.82) is 0 Å². The molecule has 0 saturated carbocycles. The van der Waals surface area contributed by atoms with Crippen molar-refractivity contribution in [3.63, 3.8) is 0 Å². The van der Waals surface area contributed by atoms with Crippen molar-refractivity contribution < 1.29 is 5.11 Å². The fourth-order valence-electron chi connectivity index (χ4n) is 1.94. The molecule has 1 aromatic heterocycles. The lowest BCUT2D eigenvalue weighted by Gasteiger charge is -2.24. The van der Waals surface area contributed by atoms with E-state index in [0.29, 0.717) is 6.54 Å². The van der Waals surface area contributed by atoms with Crippen molar-refractivity contribution in [2.75, 3.05) is 13.6 Å². The molecule has 1 heterocycles. The number of aliphatic hydroxyl groups is 1. The lowest BCUT2D eigenvalue weighted by molar-refractivity contribution is 0.0422. The number of aromatic nitrogens is 1. The van der Waals surface area contributed by atoms with Gasteiger partial charge in [-0.1, -0.05) is 13.8 Å². The van der Waals surface area contributed by atoms with E-state index in [9.17, 15) is 5.11 Å². The van der Waals surface area contributed by atoms with Crippen molar-refractivity contribution in [2.45, 2.75) is 52.7 Å². The van der Waals surface area contributed by atoms with Gasteiger partial charge >= 0.3 is 0 Å². The molecule has 0 radical (unpaired) electrons. The van der Waals surface area contributed by atoms with E-state index in [1.54, 1.807) is 11.3 Å². The van der Waals surface area contributed by atoms with Crippen molar-refractivity contribution >= 4 is 11.3 Å². The van der Waals surface area contributed by atoms with Crippen LogP contribution in [0, 0.1) is 5.92 Å². The zero-order chi connectivity index (χ0) is 13.8. The monoisotopic (exact) mass is 270 g/mol. The summed E-state index contributed by atoms with van der Waals surface area (Å²) in [4.78, 5) is 6.76. The first kappa shape index (κ1) is 15.6. The third kappa shape index (κ3) is 6.47. The Kier molecular flexibility index (Phi) is 5.76. The largest absolute Gasteiger partial charge is 0.389 e. The Morgan fingerprint density at radius 2 is 2.11 bits per heavy atom. The maximum atomic E-state index is 9.76. The van der Waals surface area contributed by atoms with E-state index in [1.165, 1.54) is 11.4 Å². The van der Waals surface area contributed by atoms with E-state index < -0.39 is 5.60 Å². The Morgan fingerprint density at radius 3 is 2.67 bits per heavy atom. The summed E-state index contributed by atoms with van der Waals surface area (Å²) in [6.45, 7) is 9.61.